The van der Waals surface area contributed by atoms with E-state index in [0.29, 0.717) is 17.9 Å². The molecule has 1 aliphatic carbocycles. The number of methoxy groups -OCH3 is 3. The zero-order valence-corrected chi connectivity index (χ0v) is 36.2. The fourth-order valence-corrected chi connectivity index (χ4v) is 9.83. The van der Waals surface area contributed by atoms with Crippen LogP contribution >= 0.6 is 0 Å². The quantitative estimate of drug-likeness (QED) is 0.0952. The molecule has 2 saturated heterocycles. The summed E-state index contributed by atoms with van der Waals surface area (Å²) >= 11 is 0. The number of hydrogen-bond acceptors (Lipinski definition) is 9. The number of carbonyl (C=O) groups excluding carboxylic acids is 4. The van der Waals surface area contributed by atoms with Crippen LogP contribution in [-0.2, 0) is 23.8 Å². The lowest BCUT2D eigenvalue weighted by atomic mass is 9.96. The minimum atomic E-state index is -0.892. The van der Waals surface area contributed by atoms with Gasteiger partial charge in [0.2, 0.25) is 5.91 Å². The second kappa shape index (κ2) is 18.0. The average Bonchev–Trinajstić information content (AvgIpc) is 4.21. The van der Waals surface area contributed by atoms with E-state index < -0.39 is 30.4 Å². The molecule has 15 heteroatoms. The third-order valence-electron chi connectivity index (χ3n) is 13.2. The van der Waals surface area contributed by atoms with Gasteiger partial charge in [0.1, 0.15) is 23.7 Å². The first-order valence-corrected chi connectivity index (χ1v) is 21.8. The van der Waals surface area contributed by atoms with E-state index >= 15 is 0 Å². The van der Waals surface area contributed by atoms with E-state index in [1.54, 1.807) is 11.8 Å². The fourth-order valence-electron chi connectivity index (χ4n) is 9.83. The Balaban J connectivity index is 0.886. The van der Waals surface area contributed by atoms with E-state index in [-0.39, 0.29) is 35.9 Å². The summed E-state index contributed by atoms with van der Waals surface area (Å²) in [4.78, 5) is 72.7. The van der Waals surface area contributed by atoms with Crippen LogP contribution in [0.5, 0.6) is 0 Å². The second-order valence-corrected chi connectivity index (χ2v) is 16.9. The van der Waals surface area contributed by atoms with Gasteiger partial charge in [-0.05, 0) is 90.1 Å². The number of fused-ring (bicyclic) bond motifs is 3. The third kappa shape index (κ3) is 8.18. The predicted molar refractivity (Wildman–Crippen MR) is 239 cm³/mol. The maximum absolute atomic E-state index is 14.0. The van der Waals surface area contributed by atoms with Gasteiger partial charge in [-0.3, -0.25) is 9.59 Å². The lowest BCUT2D eigenvalue weighted by Gasteiger charge is -2.37. The lowest BCUT2D eigenvalue weighted by Crippen LogP contribution is -2.56. The van der Waals surface area contributed by atoms with Crippen LogP contribution in [0.15, 0.2) is 103 Å². The van der Waals surface area contributed by atoms with Crippen molar-refractivity contribution >= 4 is 34.8 Å². The topological polar surface area (TPSA) is 184 Å². The number of piperidine rings is 1. The fraction of sp³-hybridized carbons (Fsp3) is 0.347. The zero-order chi connectivity index (χ0) is 44.5. The van der Waals surface area contributed by atoms with E-state index in [2.05, 4.69) is 81.3 Å². The monoisotopic (exact) mass is 864 g/mol. The highest BCUT2D eigenvalue weighted by Crippen LogP contribution is 2.50. The Morgan fingerprint density at radius 3 is 2.05 bits per heavy atom. The number of nitrogens with zero attached hydrogens (tertiary/aromatic N) is 4. The van der Waals surface area contributed by atoms with Gasteiger partial charge < -0.3 is 44.6 Å². The van der Waals surface area contributed by atoms with Gasteiger partial charge in [-0.1, -0.05) is 78.9 Å². The molecular formula is C49H52N8O7. The molecule has 3 aliphatic rings. The van der Waals surface area contributed by atoms with E-state index in [9.17, 15) is 19.2 Å². The molecule has 9 rings (SSSR count). The molecule has 330 valence electrons. The largest absolute Gasteiger partial charge is 0.453 e. The van der Waals surface area contributed by atoms with Crippen LogP contribution in [0.25, 0.3) is 44.4 Å². The number of amides is 4. The smallest absolute Gasteiger partial charge is 0.407 e. The number of aromatic amines is 2. The Labute approximate surface area is 370 Å². The minimum Gasteiger partial charge on any atom is -0.453 e. The van der Waals surface area contributed by atoms with Crippen molar-refractivity contribution in [1.29, 1.82) is 0 Å². The molecule has 0 radical (unpaired) electrons. The van der Waals surface area contributed by atoms with Gasteiger partial charge in [0.05, 0.1) is 56.2 Å². The van der Waals surface area contributed by atoms with Crippen molar-refractivity contribution in [2.24, 2.45) is 5.92 Å². The molecule has 4 aromatic carbocycles. The first-order chi connectivity index (χ1) is 31.1. The van der Waals surface area contributed by atoms with E-state index in [1.165, 1.54) is 21.3 Å². The van der Waals surface area contributed by atoms with E-state index in [4.69, 9.17) is 24.2 Å². The normalized spacial score (nSPS) is 20.5. The predicted octanol–water partition coefficient (Wildman–Crippen LogP) is 7.86. The number of rotatable bonds is 12. The number of likely N-dealkylation sites (tertiary alicyclic amines) is 2. The van der Waals surface area contributed by atoms with Crippen molar-refractivity contribution in [2.75, 3.05) is 27.9 Å². The summed E-state index contributed by atoms with van der Waals surface area (Å²) in [5.41, 5.74) is 6.50. The van der Waals surface area contributed by atoms with Crippen LogP contribution in [-0.4, -0.2) is 99.8 Å². The van der Waals surface area contributed by atoms with Gasteiger partial charge in [0.15, 0.2) is 0 Å². The summed E-state index contributed by atoms with van der Waals surface area (Å²) in [5.74, 6) is 1.29. The van der Waals surface area contributed by atoms with Crippen LogP contribution in [0.4, 0.5) is 9.59 Å². The number of benzene rings is 4. The highest BCUT2D eigenvalue weighted by atomic mass is 16.5. The van der Waals surface area contributed by atoms with Crippen LogP contribution in [0, 0.1) is 5.92 Å². The Morgan fingerprint density at radius 2 is 1.33 bits per heavy atom. The summed E-state index contributed by atoms with van der Waals surface area (Å²) in [5, 5.41) is 7.58. The van der Waals surface area contributed by atoms with Crippen molar-refractivity contribution in [3.63, 3.8) is 0 Å². The summed E-state index contributed by atoms with van der Waals surface area (Å²) < 4.78 is 15.1. The zero-order valence-electron chi connectivity index (χ0n) is 36.2. The molecule has 0 spiro atoms. The summed E-state index contributed by atoms with van der Waals surface area (Å²) in [6, 6.07) is 28.1. The molecule has 2 bridgehead atoms. The lowest BCUT2D eigenvalue weighted by molar-refractivity contribution is -0.141. The van der Waals surface area contributed by atoms with Crippen molar-refractivity contribution in [1.82, 2.24) is 40.4 Å². The molecule has 4 heterocycles. The third-order valence-corrected chi connectivity index (χ3v) is 13.2. The summed E-state index contributed by atoms with van der Waals surface area (Å²) in [6.07, 6.45) is 6.12. The standard InChI is InChI=1S/C49H52N8O7/c1-28(62-2)41(54-48(60)63-3)47(59)57-37-21-20-36(25-37)43(57)45-51-26-38(53-45)30-14-12-29(13-15-30)32-16-17-34-24-35(19-18-33(34)23-32)39-27-50-44(52-39)40-11-8-22-56(40)46(58)42(55-49(61)64-4)31-9-6-5-7-10-31/h5-7,9-10,12-19,23-24,26-28,36-37,40-43H,8,11,20-22,25H2,1-4H3,(H,50,52)(H,51,53)(H,54,60)(H,55,61). The number of nitrogens with one attached hydrogen (secondary N) is 4. The second-order valence-electron chi connectivity index (χ2n) is 16.9. The molecular weight excluding hydrogens is 813 g/mol. The maximum Gasteiger partial charge on any atom is 0.407 e. The number of aromatic nitrogens is 4. The van der Waals surface area contributed by atoms with Crippen LogP contribution in [0.1, 0.15) is 74.4 Å². The minimum absolute atomic E-state index is 0.0685. The van der Waals surface area contributed by atoms with Crippen LogP contribution in [0.2, 0.25) is 0 Å². The number of alkyl carbamates (subject to hydrolysis) is 2. The highest BCUT2D eigenvalue weighted by molar-refractivity contribution is 5.91. The molecule has 6 aromatic rings. The van der Waals surface area contributed by atoms with Gasteiger partial charge in [-0.2, -0.15) is 0 Å². The summed E-state index contributed by atoms with van der Waals surface area (Å²) in [6.45, 7) is 2.31. The molecule has 4 amide bonds. The Morgan fingerprint density at radius 1 is 0.703 bits per heavy atom. The molecule has 7 unspecified atom stereocenters. The van der Waals surface area contributed by atoms with Gasteiger partial charge >= 0.3 is 12.2 Å². The van der Waals surface area contributed by atoms with Crippen molar-refractivity contribution in [3.8, 4) is 33.6 Å². The molecule has 2 aliphatic heterocycles. The van der Waals surface area contributed by atoms with Gasteiger partial charge in [0, 0.05) is 25.3 Å². The number of hydrogen-bond donors (Lipinski definition) is 4. The Bertz CT molecular complexity index is 2660. The van der Waals surface area contributed by atoms with Crippen LogP contribution < -0.4 is 10.6 Å². The van der Waals surface area contributed by atoms with Gasteiger partial charge in [-0.25, -0.2) is 19.6 Å². The number of ether oxygens (including phenoxy) is 3. The molecule has 64 heavy (non-hydrogen) atoms. The highest BCUT2D eigenvalue weighted by Gasteiger charge is 2.52. The number of imidazole rings is 2. The van der Waals surface area contributed by atoms with Crippen LogP contribution in [0.3, 0.4) is 0 Å². The van der Waals surface area contributed by atoms with Crippen molar-refractivity contribution in [3.05, 3.63) is 121 Å². The number of carbonyl (C=O) groups is 4. The molecule has 1 saturated carbocycles. The Kier molecular flexibility index (Phi) is 11.9. The van der Waals surface area contributed by atoms with Crippen molar-refractivity contribution in [2.45, 2.75) is 75.3 Å². The van der Waals surface area contributed by atoms with Crippen molar-refractivity contribution < 1.29 is 33.4 Å². The van der Waals surface area contributed by atoms with Gasteiger partial charge in [0.25, 0.3) is 5.91 Å². The maximum atomic E-state index is 14.0. The molecule has 2 aromatic heterocycles. The van der Waals surface area contributed by atoms with E-state index in [0.717, 1.165) is 82.3 Å². The SMILES string of the molecule is COC(=O)NC(C(=O)N1CCCC1c1ncc(-c2ccc3cc(-c4ccc(-c5cnc(C6C7CCC(C7)N6C(=O)C(NC(=O)OC)C(C)OC)[nH]5)cc4)ccc3c2)[nH]1)c1ccccc1. The molecule has 7 atom stereocenters. The molecule has 4 N–H and O–H groups in total. The molecule has 15 nitrogen and oxygen atoms in total. The first kappa shape index (κ1) is 42.3. The first-order valence-electron chi connectivity index (χ1n) is 21.8. The van der Waals surface area contributed by atoms with Gasteiger partial charge in [-0.15, -0.1) is 0 Å². The Hall–Kier alpha value is -7.00. The average molecular weight is 865 g/mol. The summed E-state index contributed by atoms with van der Waals surface area (Å²) in [7, 11) is 4.08. The molecule has 3 fully saturated rings. The van der Waals surface area contributed by atoms with E-state index in [1.807, 2.05) is 47.6 Å². The number of H-pyrrole nitrogens is 2.